The summed E-state index contributed by atoms with van der Waals surface area (Å²) >= 11 is 0. The molecule has 12 rings (SSSR count). The molecule has 7 aromatic carbocycles. The van der Waals surface area contributed by atoms with Crippen LogP contribution >= 0.6 is 0 Å². The summed E-state index contributed by atoms with van der Waals surface area (Å²) in [6.07, 6.45) is 7.02. The van der Waals surface area contributed by atoms with Crippen molar-refractivity contribution >= 4 is 44.9 Å². The van der Waals surface area contributed by atoms with Gasteiger partial charge in [0.25, 0.3) is 0 Å². The van der Waals surface area contributed by atoms with E-state index in [1.54, 1.807) is 11.1 Å². The molecule has 4 saturated carbocycles. The van der Waals surface area contributed by atoms with Gasteiger partial charge in [-0.1, -0.05) is 121 Å². The summed E-state index contributed by atoms with van der Waals surface area (Å²) in [6, 6.07) is 46.6. The van der Waals surface area contributed by atoms with E-state index in [0.717, 1.165) is 56.3 Å². The maximum absolute atomic E-state index is 10.4. The van der Waals surface area contributed by atoms with Crippen LogP contribution in [0.2, 0.25) is 0 Å². The summed E-state index contributed by atoms with van der Waals surface area (Å²) in [5.41, 5.74) is 11.6. The van der Waals surface area contributed by atoms with Crippen molar-refractivity contribution in [2.45, 2.75) is 37.5 Å². The van der Waals surface area contributed by atoms with Gasteiger partial charge in [0.1, 0.15) is 0 Å². The minimum atomic E-state index is -1.55. The Morgan fingerprint density at radius 3 is 1.67 bits per heavy atom. The second-order valence-electron chi connectivity index (χ2n) is 15.5. The summed E-state index contributed by atoms with van der Waals surface area (Å²) in [6.45, 7) is 0. The maximum Gasteiger partial charge on any atom is 0.489 e. The normalized spacial score (nSPS) is 24.6. The fourth-order valence-corrected chi connectivity index (χ4v) is 11.7. The summed E-state index contributed by atoms with van der Waals surface area (Å²) in [5.74, 6) is 3.32. The van der Waals surface area contributed by atoms with Crippen LogP contribution in [-0.4, -0.2) is 17.2 Å². The SMILES string of the molecule is OB(O)c1c2ccccc2c(-c2ccc(-c3ccc4c(c3)-c3ccc5ccccc5c3C43C4CC5CC(C4)CC3C5)cc2)c2ccccc12. The molecule has 4 fully saturated rings. The Labute approximate surface area is 287 Å². The van der Waals surface area contributed by atoms with Gasteiger partial charge in [0.05, 0.1) is 0 Å². The minimum absolute atomic E-state index is 0.137. The largest absolute Gasteiger partial charge is 0.489 e. The lowest BCUT2D eigenvalue weighted by molar-refractivity contribution is -0.0393. The van der Waals surface area contributed by atoms with Crippen molar-refractivity contribution in [3.8, 4) is 33.4 Å². The molecule has 4 bridgehead atoms. The Bertz CT molecular complexity index is 2410. The average molecular weight is 633 g/mol. The molecule has 2 nitrogen and oxygen atoms in total. The van der Waals surface area contributed by atoms with Gasteiger partial charge in [-0.25, -0.2) is 0 Å². The van der Waals surface area contributed by atoms with Gasteiger partial charge in [0.2, 0.25) is 0 Å². The molecule has 7 aromatic rings. The highest BCUT2D eigenvalue weighted by Gasteiger charge is 2.62. The Morgan fingerprint density at radius 2 is 1.04 bits per heavy atom. The number of rotatable bonds is 3. The van der Waals surface area contributed by atoms with E-state index in [2.05, 4.69) is 91.0 Å². The van der Waals surface area contributed by atoms with Crippen molar-refractivity contribution in [3.63, 3.8) is 0 Å². The van der Waals surface area contributed by atoms with Crippen LogP contribution in [0.5, 0.6) is 0 Å². The van der Waals surface area contributed by atoms with Crippen molar-refractivity contribution in [1.82, 2.24) is 0 Å². The molecule has 0 atom stereocenters. The number of hydrogen-bond donors (Lipinski definition) is 2. The maximum atomic E-state index is 10.4. The summed E-state index contributed by atoms with van der Waals surface area (Å²) < 4.78 is 0. The highest BCUT2D eigenvalue weighted by molar-refractivity contribution is 6.66. The van der Waals surface area contributed by atoms with Gasteiger partial charge in [-0.2, -0.15) is 0 Å². The van der Waals surface area contributed by atoms with Gasteiger partial charge >= 0.3 is 7.12 Å². The van der Waals surface area contributed by atoms with Crippen LogP contribution in [0.1, 0.15) is 43.2 Å². The number of benzene rings is 7. The van der Waals surface area contributed by atoms with Crippen LogP contribution in [0, 0.1) is 23.7 Å². The zero-order valence-corrected chi connectivity index (χ0v) is 27.4. The quantitative estimate of drug-likeness (QED) is 0.150. The fourth-order valence-electron chi connectivity index (χ4n) is 11.7. The van der Waals surface area contributed by atoms with Crippen LogP contribution in [0.4, 0.5) is 0 Å². The first-order chi connectivity index (χ1) is 24.1. The Balaban J connectivity index is 1.07. The van der Waals surface area contributed by atoms with Gasteiger partial charge in [-0.05, 0) is 144 Å². The van der Waals surface area contributed by atoms with E-state index in [1.807, 2.05) is 36.4 Å². The van der Waals surface area contributed by atoms with Gasteiger partial charge < -0.3 is 10.0 Å². The second-order valence-corrected chi connectivity index (χ2v) is 15.5. The molecule has 0 saturated heterocycles. The van der Waals surface area contributed by atoms with E-state index in [9.17, 15) is 10.0 Å². The standard InChI is InChI=1S/C46H37BO2/c48-47(49)45-39-11-5-3-9-36(39)43(37-10-4-6-12-40(37)45)31-15-13-29(14-16-31)32-18-20-42-41(26-32)38-19-17-30-7-1-2-8-35(30)44(38)46(42)33-22-27-21-28(24-33)25-34(46)23-27/h1-20,26-28,33-34,48-49H,21-25H2. The lowest BCUT2D eigenvalue weighted by atomic mass is 9.43. The number of fused-ring (bicyclic) bond motifs is 7. The first kappa shape index (κ1) is 28.2. The zero-order valence-electron chi connectivity index (χ0n) is 27.4. The molecule has 0 aliphatic heterocycles. The second kappa shape index (κ2) is 10.2. The zero-order chi connectivity index (χ0) is 32.4. The molecule has 0 radical (unpaired) electrons. The molecule has 49 heavy (non-hydrogen) atoms. The number of hydrogen-bond acceptors (Lipinski definition) is 2. The lowest BCUT2D eigenvalue weighted by Crippen LogP contribution is -2.55. The van der Waals surface area contributed by atoms with Crippen molar-refractivity contribution in [2.24, 2.45) is 23.7 Å². The van der Waals surface area contributed by atoms with Gasteiger partial charge in [-0.3, -0.25) is 0 Å². The van der Waals surface area contributed by atoms with Crippen LogP contribution < -0.4 is 5.46 Å². The molecule has 0 heterocycles. The molecular weight excluding hydrogens is 595 g/mol. The van der Waals surface area contributed by atoms with Gasteiger partial charge in [0, 0.05) is 5.41 Å². The smallest absolute Gasteiger partial charge is 0.423 e. The lowest BCUT2D eigenvalue weighted by Gasteiger charge is -2.61. The highest BCUT2D eigenvalue weighted by Crippen LogP contribution is 2.70. The molecule has 0 unspecified atom stereocenters. The third kappa shape index (κ3) is 3.75. The van der Waals surface area contributed by atoms with Crippen molar-refractivity contribution in [3.05, 3.63) is 139 Å². The molecule has 5 aliphatic carbocycles. The van der Waals surface area contributed by atoms with E-state index in [0.29, 0.717) is 5.46 Å². The summed E-state index contributed by atoms with van der Waals surface area (Å²) in [7, 11) is -1.55. The average Bonchev–Trinajstić information content (AvgIpc) is 3.43. The first-order valence-corrected chi connectivity index (χ1v) is 18.2. The molecular formula is C46H37BO2. The van der Waals surface area contributed by atoms with Crippen LogP contribution in [0.3, 0.4) is 0 Å². The predicted octanol–water partition coefficient (Wildman–Crippen LogP) is 9.88. The molecule has 5 aliphatic rings. The van der Waals surface area contributed by atoms with E-state index in [1.165, 1.54) is 65.1 Å². The predicted molar refractivity (Wildman–Crippen MR) is 203 cm³/mol. The van der Waals surface area contributed by atoms with Crippen molar-refractivity contribution < 1.29 is 10.0 Å². The van der Waals surface area contributed by atoms with Gasteiger partial charge in [0.15, 0.2) is 0 Å². The Morgan fingerprint density at radius 1 is 0.490 bits per heavy atom. The molecule has 2 N–H and O–H groups in total. The molecule has 1 spiro atoms. The monoisotopic (exact) mass is 632 g/mol. The third-order valence-electron chi connectivity index (χ3n) is 13.3. The topological polar surface area (TPSA) is 40.5 Å². The van der Waals surface area contributed by atoms with Crippen LogP contribution in [0.15, 0.2) is 127 Å². The van der Waals surface area contributed by atoms with Crippen molar-refractivity contribution in [1.29, 1.82) is 0 Å². The Hall–Kier alpha value is -4.70. The first-order valence-electron chi connectivity index (χ1n) is 18.2. The van der Waals surface area contributed by atoms with Crippen LogP contribution in [0.25, 0.3) is 65.7 Å². The van der Waals surface area contributed by atoms with Crippen molar-refractivity contribution in [2.75, 3.05) is 0 Å². The van der Waals surface area contributed by atoms with E-state index in [-0.39, 0.29) is 5.41 Å². The summed E-state index contributed by atoms with van der Waals surface area (Å²) in [4.78, 5) is 0. The van der Waals surface area contributed by atoms with Gasteiger partial charge in [-0.15, -0.1) is 0 Å². The van der Waals surface area contributed by atoms with Crippen LogP contribution in [-0.2, 0) is 5.41 Å². The molecule has 3 heteroatoms. The summed E-state index contributed by atoms with van der Waals surface area (Å²) in [5, 5.41) is 27.5. The van der Waals surface area contributed by atoms with E-state index in [4.69, 9.17) is 0 Å². The molecule has 0 aromatic heterocycles. The molecule has 236 valence electrons. The highest BCUT2D eigenvalue weighted by atomic mass is 16.4. The molecule has 0 amide bonds. The third-order valence-corrected chi connectivity index (χ3v) is 13.3. The minimum Gasteiger partial charge on any atom is -0.423 e. The Kier molecular flexibility index (Phi) is 5.85. The fraction of sp³-hybridized carbons (Fsp3) is 0.217. The van der Waals surface area contributed by atoms with E-state index >= 15 is 0 Å². The van der Waals surface area contributed by atoms with E-state index < -0.39 is 7.12 Å².